The number of rotatable bonds is 6. The highest BCUT2D eigenvalue weighted by Crippen LogP contribution is 2.17. The number of carbonyl (C=O) groups is 3. The van der Waals surface area contributed by atoms with E-state index in [4.69, 9.17) is 4.42 Å². The molecule has 1 aliphatic heterocycles. The maximum atomic E-state index is 11.8. The van der Waals surface area contributed by atoms with Gasteiger partial charge in [-0.25, -0.2) is 9.78 Å². The standard InChI is InChI=1S/C16H16N4O4/c21-13(7-6-12-14(22)20-16(23)19-12)17-8-11-9-24-15(18-11)10-4-2-1-3-5-10/h1-5,9,12H,6-8H2,(H,17,21)(H2,19,20,22,23)/t12-/m1/s1. The second-order valence-corrected chi connectivity index (χ2v) is 5.34. The lowest BCUT2D eigenvalue weighted by molar-refractivity contribution is -0.122. The summed E-state index contributed by atoms with van der Waals surface area (Å²) in [7, 11) is 0. The van der Waals surface area contributed by atoms with Crippen molar-refractivity contribution >= 4 is 17.8 Å². The fraction of sp³-hybridized carbons (Fsp3) is 0.250. The molecule has 1 fully saturated rings. The van der Waals surface area contributed by atoms with Crippen molar-refractivity contribution in [2.75, 3.05) is 0 Å². The number of hydrogen-bond acceptors (Lipinski definition) is 5. The Morgan fingerprint density at radius 2 is 2.04 bits per heavy atom. The number of benzene rings is 1. The van der Waals surface area contributed by atoms with Crippen LogP contribution in [0.2, 0.25) is 0 Å². The Morgan fingerprint density at radius 3 is 2.75 bits per heavy atom. The quantitative estimate of drug-likeness (QED) is 0.683. The van der Waals surface area contributed by atoms with Crippen molar-refractivity contribution in [2.24, 2.45) is 0 Å². The predicted molar refractivity (Wildman–Crippen MR) is 83.5 cm³/mol. The van der Waals surface area contributed by atoms with Crippen LogP contribution < -0.4 is 16.0 Å². The van der Waals surface area contributed by atoms with Crippen molar-refractivity contribution in [1.29, 1.82) is 0 Å². The molecule has 8 nitrogen and oxygen atoms in total. The highest BCUT2D eigenvalue weighted by Gasteiger charge is 2.29. The molecule has 1 atom stereocenters. The maximum absolute atomic E-state index is 11.8. The molecule has 0 unspecified atom stereocenters. The van der Waals surface area contributed by atoms with E-state index in [1.807, 2.05) is 30.3 Å². The molecule has 0 bridgehead atoms. The third kappa shape index (κ3) is 3.78. The smallest absolute Gasteiger partial charge is 0.322 e. The zero-order valence-electron chi connectivity index (χ0n) is 12.7. The first-order chi connectivity index (χ1) is 11.6. The van der Waals surface area contributed by atoms with E-state index in [1.54, 1.807) is 0 Å². The number of urea groups is 1. The van der Waals surface area contributed by atoms with Gasteiger partial charge in [-0.3, -0.25) is 14.9 Å². The summed E-state index contributed by atoms with van der Waals surface area (Å²) in [5.74, 6) is -0.143. The van der Waals surface area contributed by atoms with Gasteiger partial charge in [0.05, 0.1) is 12.2 Å². The normalized spacial score (nSPS) is 16.6. The Balaban J connectivity index is 1.46. The van der Waals surface area contributed by atoms with Gasteiger partial charge in [-0.05, 0) is 18.6 Å². The SMILES string of the molecule is O=C(CC[C@H]1NC(=O)NC1=O)NCc1coc(-c2ccccc2)n1. The summed E-state index contributed by atoms with van der Waals surface area (Å²) in [6.07, 6.45) is 1.87. The van der Waals surface area contributed by atoms with Crippen LogP contribution in [0, 0.1) is 0 Å². The summed E-state index contributed by atoms with van der Waals surface area (Å²) >= 11 is 0. The first-order valence-corrected chi connectivity index (χ1v) is 7.50. The highest BCUT2D eigenvalue weighted by atomic mass is 16.3. The predicted octanol–water partition coefficient (Wildman–Crippen LogP) is 0.946. The number of oxazole rings is 1. The third-order valence-corrected chi connectivity index (χ3v) is 3.56. The van der Waals surface area contributed by atoms with Crippen molar-refractivity contribution in [2.45, 2.75) is 25.4 Å². The van der Waals surface area contributed by atoms with E-state index in [0.29, 0.717) is 11.6 Å². The monoisotopic (exact) mass is 328 g/mol. The van der Waals surface area contributed by atoms with Gasteiger partial charge in [-0.1, -0.05) is 18.2 Å². The first-order valence-electron chi connectivity index (χ1n) is 7.50. The average Bonchev–Trinajstić information content (AvgIpc) is 3.18. The fourth-order valence-electron chi connectivity index (χ4n) is 2.32. The van der Waals surface area contributed by atoms with Gasteiger partial charge in [0.1, 0.15) is 12.3 Å². The molecule has 2 aromatic rings. The van der Waals surface area contributed by atoms with Crippen molar-refractivity contribution in [3.05, 3.63) is 42.3 Å². The summed E-state index contributed by atoms with van der Waals surface area (Å²) in [4.78, 5) is 38.5. The second kappa shape index (κ2) is 6.95. The van der Waals surface area contributed by atoms with Gasteiger partial charge in [-0.2, -0.15) is 0 Å². The van der Waals surface area contributed by atoms with Crippen LogP contribution in [-0.4, -0.2) is 28.9 Å². The van der Waals surface area contributed by atoms with E-state index in [-0.39, 0.29) is 25.3 Å². The van der Waals surface area contributed by atoms with Gasteiger partial charge in [0.25, 0.3) is 5.91 Å². The fourth-order valence-corrected chi connectivity index (χ4v) is 2.32. The number of nitrogens with one attached hydrogen (secondary N) is 3. The largest absolute Gasteiger partial charge is 0.444 e. The second-order valence-electron chi connectivity index (χ2n) is 5.34. The number of carbonyl (C=O) groups excluding carboxylic acids is 3. The molecule has 1 aromatic carbocycles. The van der Waals surface area contributed by atoms with Crippen LogP contribution in [0.4, 0.5) is 4.79 Å². The van der Waals surface area contributed by atoms with Crippen molar-refractivity contribution in [1.82, 2.24) is 20.9 Å². The highest BCUT2D eigenvalue weighted by molar-refractivity contribution is 6.04. The molecular formula is C16H16N4O4. The molecule has 1 saturated heterocycles. The maximum Gasteiger partial charge on any atom is 0.322 e. The number of amides is 4. The zero-order chi connectivity index (χ0) is 16.9. The molecule has 3 rings (SSSR count). The molecule has 3 N–H and O–H groups in total. The summed E-state index contributed by atoms with van der Waals surface area (Å²) in [6.45, 7) is 0.235. The Morgan fingerprint density at radius 1 is 1.25 bits per heavy atom. The average molecular weight is 328 g/mol. The lowest BCUT2D eigenvalue weighted by Gasteiger charge is -2.06. The minimum absolute atomic E-state index is 0.127. The molecule has 0 radical (unpaired) electrons. The van der Waals surface area contributed by atoms with Crippen LogP contribution in [0.3, 0.4) is 0 Å². The molecule has 4 amide bonds. The van der Waals surface area contributed by atoms with Crippen LogP contribution in [0.5, 0.6) is 0 Å². The Bertz CT molecular complexity index is 756. The molecule has 1 aromatic heterocycles. The van der Waals surface area contributed by atoms with Gasteiger partial charge in [0.2, 0.25) is 11.8 Å². The number of aromatic nitrogens is 1. The number of imide groups is 1. The number of hydrogen-bond donors (Lipinski definition) is 3. The van der Waals surface area contributed by atoms with Crippen LogP contribution >= 0.6 is 0 Å². The third-order valence-electron chi connectivity index (χ3n) is 3.56. The molecule has 24 heavy (non-hydrogen) atoms. The molecular weight excluding hydrogens is 312 g/mol. The summed E-state index contributed by atoms with van der Waals surface area (Å²) in [5, 5.41) is 7.28. The van der Waals surface area contributed by atoms with E-state index in [9.17, 15) is 14.4 Å². The molecule has 0 spiro atoms. The lowest BCUT2D eigenvalue weighted by atomic mass is 10.1. The minimum Gasteiger partial charge on any atom is -0.444 e. The number of nitrogens with zero attached hydrogens (tertiary/aromatic N) is 1. The molecule has 0 saturated carbocycles. The van der Waals surface area contributed by atoms with E-state index in [1.165, 1.54) is 6.26 Å². The Hall–Kier alpha value is -3.16. The van der Waals surface area contributed by atoms with Gasteiger partial charge >= 0.3 is 6.03 Å². The van der Waals surface area contributed by atoms with Crippen LogP contribution in [0.15, 0.2) is 41.0 Å². The van der Waals surface area contributed by atoms with E-state index >= 15 is 0 Å². The van der Waals surface area contributed by atoms with Crippen LogP contribution in [0.25, 0.3) is 11.5 Å². The molecule has 2 heterocycles. The molecule has 124 valence electrons. The zero-order valence-corrected chi connectivity index (χ0v) is 12.7. The van der Waals surface area contributed by atoms with Crippen molar-refractivity contribution < 1.29 is 18.8 Å². The van der Waals surface area contributed by atoms with Crippen molar-refractivity contribution in [3.8, 4) is 11.5 Å². The van der Waals surface area contributed by atoms with Crippen molar-refractivity contribution in [3.63, 3.8) is 0 Å². The van der Waals surface area contributed by atoms with Gasteiger partial charge in [0, 0.05) is 12.0 Å². The first kappa shape index (κ1) is 15.7. The molecule has 8 heteroatoms. The van der Waals surface area contributed by atoms with Gasteiger partial charge < -0.3 is 15.1 Å². The Kier molecular flexibility index (Phi) is 4.55. The summed E-state index contributed by atoms with van der Waals surface area (Å²) < 4.78 is 5.39. The summed E-state index contributed by atoms with van der Waals surface area (Å²) in [6, 6.07) is 8.27. The summed E-state index contributed by atoms with van der Waals surface area (Å²) in [5.41, 5.74) is 1.46. The van der Waals surface area contributed by atoms with Crippen LogP contribution in [0.1, 0.15) is 18.5 Å². The van der Waals surface area contributed by atoms with Crippen LogP contribution in [-0.2, 0) is 16.1 Å². The lowest BCUT2D eigenvalue weighted by Crippen LogP contribution is -2.31. The van der Waals surface area contributed by atoms with E-state index in [0.717, 1.165) is 5.56 Å². The van der Waals surface area contributed by atoms with E-state index < -0.39 is 18.0 Å². The Labute approximate surface area is 137 Å². The topological polar surface area (TPSA) is 113 Å². The van der Waals surface area contributed by atoms with E-state index in [2.05, 4.69) is 20.9 Å². The minimum atomic E-state index is -0.653. The van der Waals surface area contributed by atoms with Gasteiger partial charge in [0.15, 0.2) is 0 Å². The molecule has 1 aliphatic rings. The molecule has 0 aliphatic carbocycles. The van der Waals surface area contributed by atoms with Gasteiger partial charge in [-0.15, -0.1) is 0 Å².